The first kappa shape index (κ1) is 14.8. The van der Waals surface area contributed by atoms with Crippen LogP contribution in [0.1, 0.15) is 5.56 Å². The van der Waals surface area contributed by atoms with E-state index in [2.05, 4.69) is 45.4 Å². The van der Waals surface area contributed by atoms with Gasteiger partial charge in [0, 0.05) is 0 Å². The van der Waals surface area contributed by atoms with E-state index in [4.69, 9.17) is 0 Å². The highest BCUT2D eigenvalue weighted by atomic mass is 14.1. The molecule has 21 heavy (non-hydrogen) atoms. The summed E-state index contributed by atoms with van der Waals surface area (Å²) in [5, 5.41) is 4.06. The van der Waals surface area contributed by atoms with Crippen molar-refractivity contribution in [1.29, 1.82) is 0 Å². The van der Waals surface area contributed by atoms with Crippen LogP contribution in [0.25, 0.3) is 36.4 Å². The highest BCUT2D eigenvalue weighted by Gasteiger charge is 2.06. The van der Waals surface area contributed by atoms with Gasteiger partial charge in [-0.3, -0.25) is 0 Å². The first-order valence-electron chi connectivity index (χ1n) is 6.93. The van der Waals surface area contributed by atoms with Crippen LogP contribution < -0.4 is 20.9 Å². The molecule has 104 valence electrons. The molecule has 0 aliphatic heterocycles. The van der Waals surface area contributed by atoms with E-state index in [1.165, 1.54) is 16.7 Å². The van der Waals surface area contributed by atoms with Gasteiger partial charge in [0.2, 0.25) is 0 Å². The van der Waals surface area contributed by atoms with Gasteiger partial charge in [0.05, 0.1) is 0 Å². The Hall–Kier alpha value is -2.60. The van der Waals surface area contributed by atoms with E-state index in [-0.39, 0.29) is 0 Å². The number of benzene rings is 2. The predicted octanol–water partition coefficient (Wildman–Crippen LogP) is 2.42. The maximum atomic E-state index is 4.21. The third-order valence-corrected chi connectivity index (χ3v) is 3.69. The number of rotatable bonds is 3. The van der Waals surface area contributed by atoms with Crippen molar-refractivity contribution in [3.63, 3.8) is 0 Å². The molecule has 2 aromatic rings. The minimum Gasteiger partial charge on any atom is -0.0990 e. The highest BCUT2D eigenvalue weighted by Crippen LogP contribution is 2.15. The highest BCUT2D eigenvalue weighted by molar-refractivity contribution is 5.71. The molecule has 2 rings (SSSR count). The second kappa shape index (κ2) is 6.23. The Morgan fingerprint density at radius 2 is 1.33 bits per heavy atom. The van der Waals surface area contributed by atoms with Gasteiger partial charge in [-0.1, -0.05) is 81.0 Å². The lowest BCUT2D eigenvalue weighted by atomic mass is 9.93. The lowest BCUT2D eigenvalue weighted by molar-refractivity contribution is 1.31. The summed E-state index contributed by atoms with van der Waals surface area (Å²) in [6.45, 7) is 18.1. The molecule has 0 nitrogen and oxygen atoms in total. The van der Waals surface area contributed by atoms with Gasteiger partial charge in [-0.25, -0.2) is 0 Å². The van der Waals surface area contributed by atoms with Gasteiger partial charge in [0.25, 0.3) is 0 Å². The van der Waals surface area contributed by atoms with Crippen molar-refractivity contribution in [2.75, 3.05) is 0 Å². The van der Waals surface area contributed by atoms with E-state index in [1.54, 1.807) is 12.2 Å². The Kier molecular flexibility index (Phi) is 4.39. The van der Waals surface area contributed by atoms with Crippen LogP contribution in [0.15, 0.2) is 55.6 Å². The molecule has 2 aromatic carbocycles. The Morgan fingerprint density at radius 1 is 0.810 bits per heavy atom. The first-order chi connectivity index (χ1) is 10.1. The largest absolute Gasteiger partial charge is 0.0990 e. The molecule has 0 heteroatoms. The standard InChI is InChI=1S/C21H20/c1-6-11-19-15(3)16(4)20(12-7-2)21(17(19)5)18-13-9-8-10-14-18/h6-14H,1-4H2,5H3/b19-11+,20-12+. The molecule has 0 aliphatic carbocycles. The zero-order chi connectivity index (χ0) is 15.4. The zero-order valence-corrected chi connectivity index (χ0v) is 12.5. The molecule has 0 amide bonds. The summed E-state index contributed by atoms with van der Waals surface area (Å²) in [4.78, 5) is 0. The summed E-state index contributed by atoms with van der Waals surface area (Å²) in [5.74, 6) is 0. The SMILES string of the molecule is C=C/C=c1/c(C)c(-c2ccccc2)/c(=C/C=C)c(=C)c1=C. The molecule has 0 fully saturated rings. The summed E-state index contributed by atoms with van der Waals surface area (Å²) in [7, 11) is 0. The zero-order valence-electron chi connectivity index (χ0n) is 12.5. The normalized spacial score (nSPS) is 12.4. The summed E-state index contributed by atoms with van der Waals surface area (Å²) in [5.41, 5.74) is 3.54. The summed E-state index contributed by atoms with van der Waals surface area (Å²) >= 11 is 0. The second-order valence-corrected chi connectivity index (χ2v) is 4.96. The van der Waals surface area contributed by atoms with Crippen LogP contribution >= 0.6 is 0 Å². The Bertz CT molecular complexity index is 897. The molecule has 0 aromatic heterocycles. The fourth-order valence-electron chi connectivity index (χ4n) is 2.66. The molecule has 0 atom stereocenters. The third kappa shape index (κ3) is 2.66. The van der Waals surface area contributed by atoms with Gasteiger partial charge in [0.15, 0.2) is 0 Å². The van der Waals surface area contributed by atoms with E-state index in [0.717, 1.165) is 20.9 Å². The topological polar surface area (TPSA) is 0 Å². The van der Waals surface area contributed by atoms with Crippen LogP contribution in [-0.2, 0) is 0 Å². The maximum absolute atomic E-state index is 4.21. The maximum Gasteiger partial charge on any atom is -0.00699 e. The third-order valence-electron chi connectivity index (χ3n) is 3.69. The number of hydrogen-bond donors (Lipinski definition) is 0. The van der Waals surface area contributed by atoms with Gasteiger partial charge < -0.3 is 0 Å². The predicted molar refractivity (Wildman–Crippen MR) is 95.5 cm³/mol. The molecular weight excluding hydrogens is 252 g/mol. The summed E-state index contributed by atoms with van der Waals surface area (Å²) in [6, 6.07) is 10.3. The molecule has 0 aliphatic rings. The molecule has 0 bridgehead atoms. The number of allylic oxidation sites excluding steroid dienone is 2. The Balaban J connectivity index is 3.13. The van der Waals surface area contributed by atoms with E-state index in [1.807, 2.05) is 30.4 Å². The molecule has 0 heterocycles. The molecule has 0 saturated heterocycles. The minimum atomic E-state index is 0.937. The molecule has 0 saturated carbocycles. The van der Waals surface area contributed by atoms with Crippen molar-refractivity contribution in [2.24, 2.45) is 0 Å². The number of hydrogen-bond acceptors (Lipinski definition) is 0. The lowest BCUT2D eigenvalue weighted by Crippen LogP contribution is -2.49. The van der Waals surface area contributed by atoms with E-state index < -0.39 is 0 Å². The van der Waals surface area contributed by atoms with Crippen LogP contribution in [0.3, 0.4) is 0 Å². The fourth-order valence-corrected chi connectivity index (χ4v) is 2.66. The van der Waals surface area contributed by atoms with Crippen molar-refractivity contribution < 1.29 is 0 Å². The molecule has 0 unspecified atom stereocenters. The average Bonchev–Trinajstić information content (AvgIpc) is 2.50. The quantitative estimate of drug-likeness (QED) is 0.805. The van der Waals surface area contributed by atoms with E-state index in [0.29, 0.717) is 0 Å². The Morgan fingerprint density at radius 3 is 1.90 bits per heavy atom. The van der Waals surface area contributed by atoms with Crippen LogP contribution in [0.4, 0.5) is 0 Å². The molecule has 0 N–H and O–H groups in total. The van der Waals surface area contributed by atoms with Gasteiger partial charge >= 0.3 is 0 Å². The van der Waals surface area contributed by atoms with Gasteiger partial charge in [-0.15, -0.1) is 0 Å². The van der Waals surface area contributed by atoms with Crippen molar-refractivity contribution >= 4 is 25.3 Å². The fraction of sp³-hybridized carbons (Fsp3) is 0.0476. The van der Waals surface area contributed by atoms with Crippen LogP contribution in [0.2, 0.25) is 0 Å². The van der Waals surface area contributed by atoms with E-state index >= 15 is 0 Å². The van der Waals surface area contributed by atoms with Crippen LogP contribution in [-0.4, -0.2) is 0 Å². The first-order valence-corrected chi connectivity index (χ1v) is 6.93. The van der Waals surface area contributed by atoms with Crippen molar-refractivity contribution in [3.8, 4) is 11.1 Å². The summed E-state index contributed by atoms with van der Waals surface area (Å²) < 4.78 is 0. The molecular formula is C21H20. The van der Waals surface area contributed by atoms with Crippen molar-refractivity contribution in [3.05, 3.63) is 82.1 Å². The van der Waals surface area contributed by atoms with Gasteiger partial charge in [-0.05, 0) is 44.5 Å². The molecule has 0 spiro atoms. The lowest BCUT2D eigenvalue weighted by Gasteiger charge is -2.10. The smallest absolute Gasteiger partial charge is 0.00699 e. The monoisotopic (exact) mass is 272 g/mol. The van der Waals surface area contributed by atoms with E-state index in [9.17, 15) is 0 Å². The van der Waals surface area contributed by atoms with Crippen molar-refractivity contribution in [1.82, 2.24) is 0 Å². The summed E-state index contributed by atoms with van der Waals surface area (Å²) in [6.07, 6.45) is 7.59. The molecule has 0 radical (unpaired) electrons. The van der Waals surface area contributed by atoms with Gasteiger partial charge in [-0.2, -0.15) is 0 Å². The average molecular weight is 272 g/mol. The second-order valence-electron chi connectivity index (χ2n) is 4.96. The minimum absolute atomic E-state index is 0.937. The van der Waals surface area contributed by atoms with Crippen molar-refractivity contribution in [2.45, 2.75) is 6.92 Å². The Labute approximate surface area is 126 Å². The van der Waals surface area contributed by atoms with Crippen LogP contribution in [0.5, 0.6) is 0 Å². The van der Waals surface area contributed by atoms with Gasteiger partial charge in [0.1, 0.15) is 0 Å². The van der Waals surface area contributed by atoms with Crippen LogP contribution in [0, 0.1) is 6.92 Å².